The first kappa shape index (κ1) is 15.7. The highest BCUT2D eigenvalue weighted by molar-refractivity contribution is 5.75. The van der Waals surface area contributed by atoms with Gasteiger partial charge in [0.1, 0.15) is 11.3 Å². The summed E-state index contributed by atoms with van der Waals surface area (Å²) in [5.41, 5.74) is 4.86. The summed E-state index contributed by atoms with van der Waals surface area (Å²) in [5.74, 6) is 0.664. The monoisotopic (exact) mass is 337 g/mol. The maximum Gasteiger partial charge on any atom is 0.187 e. The molecule has 0 aliphatic heterocycles. The molecule has 0 radical (unpaired) electrons. The minimum absolute atomic E-state index is 0.554. The average Bonchev–Trinajstić information content (AvgIpc) is 3.07. The first-order valence-electron chi connectivity index (χ1n) is 8.21. The topological polar surface area (TPSA) is 65.8 Å². The summed E-state index contributed by atoms with van der Waals surface area (Å²) >= 11 is 0. The van der Waals surface area contributed by atoms with Crippen LogP contribution in [0.2, 0.25) is 0 Å². The van der Waals surface area contributed by atoms with Gasteiger partial charge in [0.05, 0.1) is 17.3 Å². The van der Waals surface area contributed by atoms with Crippen LogP contribution in [-0.4, -0.2) is 9.38 Å². The second-order valence-corrected chi connectivity index (χ2v) is 5.90. The number of nitriles is 1. The number of hydrogen-bond acceptors (Lipinski definition) is 4. The number of azo groups is 1. The molecule has 2 aromatic heterocycles. The number of aromatic nitrogens is 2. The first-order valence-corrected chi connectivity index (χ1v) is 8.21. The van der Waals surface area contributed by atoms with Crippen molar-refractivity contribution in [1.82, 2.24) is 9.38 Å². The molecule has 0 unspecified atom stereocenters. The summed E-state index contributed by atoms with van der Waals surface area (Å²) in [6.07, 6.45) is 1.93. The molecule has 0 atom stereocenters. The van der Waals surface area contributed by atoms with Crippen molar-refractivity contribution < 1.29 is 0 Å². The van der Waals surface area contributed by atoms with E-state index in [9.17, 15) is 0 Å². The van der Waals surface area contributed by atoms with Crippen molar-refractivity contribution in [3.8, 4) is 17.3 Å². The minimum atomic E-state index is 0.554. The molecule has 26 heavy (non-hydrogen) atoms. The number of nitrogens with zero attached hydrogens (tertiary/aromatic N) is 5. The Labute approximate surface area is 150 Å². The molecule has 4 rings (SSSR count). The smallest absolute Gasteiger partial charge is 0.187 e. The van der Waals surface area contributed by atoms with Crippen LogP contribution in [0.15, 0.2) is 83.2 Å². The van der Waals surface area contributed by atoms with Crippen molar-refractivity contribution in [2.75, 3.05) is 0 Å². The van der Waals surface area contributed by atoms with Gasteiger partial charge >= 0.3 is 0 Å². The lowest BCUT2D eigenvalue weighted by Gasteiger charge is -2.00. The van der Waals surface area contributed by atoms with Crippen molar-refractivity contribution in [2.24, 2.45) is 10.2 Å². The number of hydrogen-bond donors (Lipinski definition) is 0. The van der Waals surface area contributed by atoms with Crippen LogP contribution in [0.1, 0.15) is 11.1 Å². The van der Waals surface area contributed by atoms with Gasteiger partial charge in [-0.25, -0.2) is 4.98 Å². The fourth-order valence-electron chi connectivity index (χ4n) is 2.82. The van der Waals surface area contributed by atoms with E-state index < -0.39 is 0 Å². The molecule has 0 amide bonds. The zero-order valence-corrected chi connectivity index (χ0v) is 14.2. The van der Waals surface area contributed by atoms with Gasteiger partial charge in [0.15, 0.2) is 5.82 Å². The van der Waals surface area contributed by atoms with E-state index in [4.69, 9.17) is 10.2 Å². The lowest BCUT2D eigenvalue weighted by atomic mass is 10.1. The molecule has 0 fully saturated rings. The fourth-order valence-corrected chi connectivity index (χ4v) is 2.82. The number of rotatable bonds is 3. The number of fused-ring (bicyclic) bond motifs is 1. The van der Waals surface area contributed by atoms with Crippen LogP contribution in [0.25, 0.3) is 16.9 Å². The van der Waals surface area contributed by atoms with Gasteiger partial charge in [-0.2, -0.15) is 5.26 Å². The summed E-state index contributed by atoms with van der Waals surface area (Å²) in [4.78, 5) is 4.79. The highest BCUT2D eigenvalue weighted by Gasteiger charge is 2.14. The second kappa shape index (κ2) is 6.61. The SMILES string of the molecule is Cc1cccn2c(N=Nc3cccc(C#N)c3)c(-c3ccccc3)nc12. The second-order valence-electron chi connectivity index (χ2n) is 5.90. The Morgan fingerprint density at radius 3 is 2.62 bits per heavy atom. The molecular formula is C21H15N5. The van der Waals surface area contributed by atoms with Gasteiger partial charge in [0.2, 0.25) is 0 Å². The molecule has 0 aliphatic carbocycles. The standard InChI is InChI=1S/C21H15N5/c1-15-7-6-12-26-20(15)23-19(17-9-3-2-4-10-17)21(26)25-24-18-11-5-8-16(13-18)14-22/h2-13H,1H3. The van der Waals surface area contributed by atoms with Crippen LogP contribution in [0.4, 0.5) is 11.5 Å². The third kappa shape index (κ3) is 2.85. The molecule has 124 valence electrons. The molecular weight excluding hydrogens is 322 g/mol. The zero-order valence-electron chi connectivity index (χ0n) is 14.2. The van der Waals surface area contributed by atoms with E-state index in [0.717, 1.165) is 22.5 Å². The third-order valence-corrected chi connectivity index (χ3v) is 4.10. The predicted molar refractivity (Wildman–Crippen MR) is 101 cm³/mol. The molecule has 5 nitrogen and oxygen atoms in total. The lowest BCUT2D eigenvalue weighted by Crippen LogP contribution is -1.85. The molecule has 0 bridgehead atoms. The van der Waals surface area contributed by atoms with Crippen molar-refractivity contribution >= 4 is 17.2 Å². The highest BCUT2D eigenvalue weighted by Crippen LogP contribution is 2.33. The summed E-state index contributed by atoms with van der Waals surface area (Å²) in [6, 6.07) is 23.1. The largest absolute Gasteiger partial charge is 0.282 e. The molecule has 4 aromatic rings. The first-order chi connectivity index (χ1) is 12.8. The number of aryl methyl sites for hydroxylation is 1. The number of benzene rings is 2. The van der Waals surface area contributed by atoms with E-state index in [1.54, 1.807) is 18.2 Å². The van der Waals surface area contributed by atoms with E-state index in [1.807, 2.05) is 66.1 Å². The summed E-state index contributed by atoms with van der Waals surface area (Å²) in [6.45, 7) is 2.02. The van der Waals surface area contributed by atoms with Crippen LogP contribution >= 0.6 is 0 Å². The quantitative estimate of drug-likeness (QED) is 0.457. The van der Waals surface area contributed by atoms with E-state index >= 15 is 0 Å². The highest BCUT2D eigenvalue weighted by atomic mass is 15.2. The average molecular weight is 337 g/mol. The summed E-state index contributed by atoms with van der Waals surface area (Å²) in [7, 11) is 0. The number of imidazole rings is 1. The fraction of sp³-hybridized carbons (Fsp3) is 0.0476. The van der Waals surface area contributed by atoms with Crippen molar-refractivity contribution in [2.45, 2.75) is 6.92 Å². The van der Waals surface area contributed by atoms with E-state index in [0.29, 0.717) is 17.1 Å². The Morgan fingerprint density at radius 1 is 0.962 bits per heavy atom. The molecule has 2 heterocycles. The molecule has 0 aliphatic rings. The summed E-state index contributed by atoms with van der Waals surface area (Å²) in [5, 5.41) is 17.9. The van der Waals surface area contributed by atoms with Gasteiger partial charge in [-0.1, -0.05) is 42.5 Å². The normalized spacial score (nSPS) is 11.1. The molecule has 0 saturated carbocycles. The Hall–Kier alpha value is -3.78. The van der Waals surface area contributed by atoms with Gasteiger partial charge < -0.3 is 0 Å². The predicted octanol–water partition coefficient (Wildman–Crippen LogP) is 5.60. The van der Waals surface area contributed by atoms with Gasteiger partial charge in [-0.3, -0.25) is 4.40 Å². The lowest BCUT2D eigenvalue weighted by molar-refractivity contribution is 1.10. The molecule has 0 spiro atoms. The summed E-state index contributed by atoms with van der Waals surface area (Å²) < 4.78 is 1.94. The van der Waals surface area contributed by atoms with Gasteiger partial charge in [0, 0.05) is 11.8 Å². The maximum absolute atomic E-state index is 9.04. The Balaban J connectivity index is 1.89. The van der Waals surface area contributed by atoms with Gasteiger partial charge in [-0.05, 0) is 36.8 Å². The van der Waals surface area contributed by atoms with Crippen LogP contribution in [-0.2, 0) is 0 Å². The van der Waals surface area contributed by atoms with E-state index in [-0.39, 0.29) is 0 Å². The minimum Gasteiger partial charge on any atom is -0.282 e. The van der Waals surface area contributed by atoms with Gasteiger partial charge in [0.25, 0.3) is 0 Å². The Morgan fingerprint density at radius 2 is 1.81 bits per heavy atom. The van der Waals surface area contributed by atoms with Crippen molar-refractivity contribution in [3.05, 3.63) is 84.1 Å². The zero-order chi connectivity index (χ0) is 17.9. The molecule has 5 heteroatoms. The molecule has 0 N–H and O–H groups in total. The van der Waals surface area contributed by atoms with E-state index in [2.05, 4.69) is 16.3 Å². The van der Waals surface area contributed by atoms with Crippen LogP contribution < -0.4 is 0 Å². The van der Waals surface area contributed by atoms with Gasteiger partial charge in [-0.15, -0.1) is 10.2 Å². The number of pyridine rings is 1. The van der Waals surface area contributed by atoms with Crippen molar-refractivity contribution in [1.29, 1.82) is 5.26 Å². The van der Waals surface area contributed by atoms with Crippen LogP contribution in [0, 0.1) is 18.3 Å². The third-order valence-electron chi connectivity index (χ3n) is 4.10. The molecule has 2 aromatic carbocycles. The Bertz CT molecular complexity index is 1150. The Kier molecular flexibility index (Phi) is 4.00. The van der Waals surface area contributed by atoms with Crippen molar-refractivity contribution in [3.63, 3.8) is 0 Å². The van der Waals surface area contributed by atoms with E-state index in [1.165, 1.54) is 0 Å². The van der Waals surface area contributed by atoms with Crippen LogP contribution in [0.5, 0.6) is 0 Å². The van der Waals surface area contributed by atoms with Crippen LogP contribution in [0.3, 0.4) is 0 Å². The maximum atomic E-state index is 9.04. The molecule has 0 saturated heterocycles.